The molecule has 0 atom stereocenters. The second-order valence-electron chi connectivity index (χ2n) is 5.81. The number of amides is 1. The Bertz CT molecular complexity index is 849. The number of ether oxygens (including phenoxy) is 1. The predicted molar refractivity (Wildman–Crippen MR) is 103 cm³/mol. The van der Waals surface area contributed by atoms with Crippen LogP contribution in [0.2, 0.25) is 0 Å². The number of nitrogens with zero attached hydrogens (tertiary/aromatic N) is 1. The Morgan fingerprint density at radius 3 is 2.50 bits per heavy atom. The van der Waals surface area contributed by atoms with Crippen LogP contribution in [0.1, 0.15) is 15.9 Å². The van der Waals surface area contributed by atoms with Crippen LogP contribution in [-0.2, 0) is 6.42 Å². The summed E-state index contributed by atoms with van der Waals surface area (Å²) in [6.07, 6.45) is 4.02. The summed E-state index contributed by atoms with van der Waals surface area (Å²) in [5, 5.41) is 6.17. The van der Waals surface area contributed by atoms with Crippen molar-refractivity contribution in [3.8, 4) is 5.75 Å². The first kappa shape index (κ1) is 17.5. The standard InChI is InChI=1S/C21H21N3O2/c1-26-20-9-7-16(8-10-20)11-12-23-21(25)17-13-19(15-22-14-17)24-18-5-3-2-4-6-18/h2-10,13-15,24H,11-12H2,1H3,(H,23,25). The van der Waals surface area contributed by atoms with Gasteiger partial charge in [-0.3, -0.25) is 9.78 Å². The number of aromatic nitrogens is 1. The molecule has 0 fully saturated rings. The molecule has 1 amide bonds. The van der Waals surface area contributed by atoms with E-state index in [-0.39, 0.29) is 5.91 Å². The number of carbonyl (C=O) groups is 1. The number of pyridine rings is 1. The SMILES string of the molecule is COc1ccc(CCNC(=O)c2cncc(Nc3ccccc3)c2)cc1. The molecule has 0 spiro atoms. The van der Waals surface area contributed by atoms with Gasteiger partial charge in [0.15, 0.2) is 0 Å². The van der Waals surface area contributed by atoms with Crippen LogP contribution in [0.4, 0.5) is 11.4 Å². The van der Waals surface area contributed by atoms with E-state index in [1.165, 1.54) is 0 Å². The van der Waals surface area contributed by atoms with Crippen LogP contribution < -0.4 is 15.4 Å². The molecule has 0 radical (unpaired) electrons. The van der Waals surface area contributed by atoms with Crippen molar-refractivity contribution in [2.45, 2.75) is 6.42 Å². The summed E-state index contributed by atoms with van der Waals surface area (Å²) >= 11 is 0. The van der Waals surface area contributed by atoms with E-state index in [4.69, 9.17) is 4.74 Å². The van der Waals surface area contributed by atoms with Gasteiger partial charge in [0, 0.05) is 18.4 Å². The molecule has 0 aliphatic carbocycles. The fourth-order valence-electron chi connectivity index (χ4n) is 2.54. The number of hydrogen-bond acceptors (Lipinski definition) is 4. The van der Waals surface area contributed by atoms with E-state index in [0.717, 1.165) is 29.1 Å². The largest absolute Gasteiger partial charge is 0.497 e. The highest BCUT2D eigenvalue weighted by molar-refractivity contribution is 5.94. The van der Waals surface area contributed by atoms with Gasteiger partial charge in [0.25, 0.3) is 5.91 Å². The minimum Gasteiger partial charge on any atom is -0.497 e. The molecule has 0 aliphatic rings. The average molecular weight is 347 g/mol. The van der Waals surface area contributed by atoms with Crippen LogP contribution in [0.25, 0.3) is 0 Å². The molecule has 2 aromatic carbocycles. The Balaban J connectivity index is 1.55. The highest BCUT2D eigenvalue weighted by Crippen LogP contribution is 2.16. The van der Waals surface area contributed by atoms with Crippen molar-refractivity contribution in [3.05, 3.63) is 84.2 Å². The summed E-state index contributed by atoms with van der Waals surface area (Å²) in [5.74, 6) is 0.689. The Hall–Kier alpha value is -3.34. The lowest BCUT2D eigenvalue weighted by Gasteiger charge is -2.09. The quantitative estimate of drug-likeness (QED) is 0.682. The van der Waals surface area contributed by atoms with Crippen LogP contribution in [0.3, 0.4) is 0 Å². The summed E-state index contributed by atoms with van der Waals surface area (Å²) in [6.45, 7) is 0.557. The number of methoxy groups -OCH3 is 1. The predicted octanol–water partition coefficient (Wildman–Crippen LogP) is 3.81. The number of para-hydroxylation sites is 1. The highest BCUT2D eigenvalue weighted by Gasteiger charge is 2.07. The number of rotatable bonds is 7. The van der Waals surface area contributed by atoms with Gasteiger partial charge >= 0.3 is 0 Å². The van der Waals surface area contributed by atoms with Gasteiger partial charge in [0.2, 0.25) is 0 Å². The molecule has 3 rings (SSSR count). The van der Waals surface area contributed by atoms with E-state index >= 15 is 0 Å². The van der Waals surface area contributed by atoms with E-state index in [0.29, 0.717) is 12.1 Å². The molecule has 0 bridgehead atoms. The van der Waals surface area contributed by atoms with E-state index in [2.05, 4.69) is 15.6 Å². The van der Waals surface area contributed by atoms with Crippen LogP contribution in [0.15, 0.2) is 73.1 Å². The molecule has 1 heterocycles. The second-order valence-corrected chi connectivity index (χ2v) is 5.81. The first-order chi connectivity index (χ1) is 12.7. The van der Waals surface area contributed by atoms with E-state index < -0.39 is 0 Å². The Kier molecular flexibility index (Phi) is 5.83. The van der Waals surface area contributed by atoms with E-state index in [9.17, 15) is 4.79 Å². The first-order valence-corrected chi connectivity index (χ1v) is 8.43. The van der Waals surface area contributed by atoms with Gasteiger partial charge < -0.3 is 15.4 Å². The van der Waals surface area contributed by atoms with Gasteiger partial charge in [-0.25, -0.2) is 0 Å². The normalized spacial score (nSPS) is 10.2. The Morgan fingerprint density at radius 2 is 1.77 bits per heavy atom. The second kappa shape index (κ2) is 8.67. The monoisotopic (exact) mass is 347 g/mol. The van der Waals surface area contributed by atoms with Crippen molar-refractivity contribution >= 4 is 17.3 Å². The zero-order valence-corrected chi connectivity index (χ0v) is 14.6. The average Bonchev–Trinajstić information content (AvgIpc) is 2.69. The topological polar surface area (TPSA) is 63.2 Å². The summed E-state index contributed by atoms with van der Waals surface area (Å²) < 4.78 is 5.14. The molecule has 0 unspecified atom stereocenters. The summed E-state index contributed by atoms with van der Waals surface area (Å²) in [4.78, 5) is 16.5. The zero-order chi connectivity index (χ0) is 18.2. The molecular formula is C21H21N3O2. The highest BCUT2D eigenvalue weighted by atomic mass is 16.5. The van der Waals surface area contributed by atoms with Crippen LogP contribution in [0.5, 0.6) is 5.75 Å². The maximum Gasteiger partial charge on any atom is 0.252 e. The molecule has 2 N–H and O–H groups in total. The van der Waals surface area contributed by atoms with Crippen molar-refractivity contribution in [1.29, 1.82) is 0 Å². The van der Waals surface area contributed by atoms with Gasteiger partial charge in [-0.15, -0.1) is 0 Å². The zero-order valence-electron chi connectivity index (χ0n) is 14.6. The lowest BCUT2D eigenvalue weighted by Crippen LogP contribution is -2.25. The summed E-state index contributed by atoms with van der Waals surface area (Å²) in [5.41, 5.74) is 3.40. The maximum atomic E-state index is 12.3. The lowest BCUT2D eigenvalue weighted by atomic mass is 10.1. The molecule has 1 aromatic heterocycles. The molecule has 5 heteroatoms. The molecular weight excluding hydrogens is 326 g/mol. The first-order valence-electron chi connectivity index (χ1n) is 8.43. The third kappa shape index (κ3) is 4.83. The fraction of sp³-hybridized carbons (Fsp3) is 0.143. The Labute approximate surface area is 153 Å². The minimum atomic E-state index is -0.136. The van der Waals surface area contributed by atoms with Gasteiger partial charge in [-0.2, -0.15) is 0 Å². The third-order valence-corrected chi connectivity index (χ3v) is 3.92. The number of anilines is 2. The lowest BCUT2D eigenvalue weighted by molar-refractivity contribution is 0.0954. The van der Waals surface area contributed by atoms with Gasteiger partial charge in [0.05, 0.1) is 24.6 Å². The van der Waals surface area contributed by atoms with Gasteiger partial charge in [-0.1, -0.05) is 30.3 Å². The van der Waals surface area contributed by atoms with Crippen LogP contribution >= 0.6 is 0 Å². The van der Waals surface area contributed by atoms with Crippen LogP contribution in [0, 0.1) is 0 Å². The fourth-order valence-corrected chi connectivity index (χ4v) is 2.54. The maximum absolute atomic E-state index is 12.3. The van der Waals surface area contributed by atoms with Gasteiger partial charge in [-0.05, 0) is 42.3 Å². The molecule has 3 aromatic rings. The van der Waals surface area contributed by atoms with Crippen LogP contribution in [-0.4, -0.2) is 24.5 Å². The molecule has 0 aliphatic heterocycles. The van der Waals surface area contributed by atoms with Crippen molar-refractivity contribution in [2.24, 2.45) is 0 Å². The number of carbonyl (C=O) groups excluding carboxylic acids is 1. The minimum absolute atomic E-state index is 0.136. The number of nitrogens with one attached hydrogen (secondary N) is 2. The summed E-state index contributed by atoms with van der Waals surface area (Å²) in [6, 6.07) is 19.4. The van der Waals surface area contributed by atoms with Crippen molar-refractivity contribution < 1.29 is 9.53 Å². The van der Waals surface area contributed by atoms with Crippen molar-refractivity contribution in [3.63, 3.8) is 0 Å². The number of benzene rings is 2. The molecule has 5 nitrogen and oxygen atoms in total. The van der Waals surface area contributed by atoms with Gasteiger partial charge in [0.1, 0.15) is 5.75 Å². The molecule has 0 saturated carbocycles. The molecule has 0 saturated heterocycles. The van der Waals surface area contributed by atoms with E-state index in [1.807, 2.05) is 54.6 Å². The van der Waals surface area contributed by atoms with Crippen molar-refractivity contribution in [1.82, 2.24) is 10.3 Å². The van der Waals surface area contributed by atoms with Crippen molar-refractivity contribution in [2.75, 3.05) is 19.0 Å². The third-order valence-electron chi connectivity index (χ3n) is 3.92. The summed E-state index contributed by atoms with van der Waals surface area (Å²) in [7, 11) is 1.64. The molecule has 132 valence electrons. The Morgan fingerprint density at radius 1 is 1.00 bits per heavy atom. The molecule has 26 heavy (non-hydrogen) atoms. The smallest absolute Gasteiger partial charge is 0.252 e. The van der Waals surface area contributed by atoms with E-state index in [1.54, 1.807) is 25.6 Å². The number of hydrogen-bond donors (Lipinski definition) is 2.